The molecule has 0 saturated heterocycles. The van der Waals surface area contributed by atoms with Crippen LogP contribution in [0.5, 0.6) is 0 Å². The van der Waals surface area contributed by atoms with Gasteiger partial charge in [-0.15, -0.1) is 12.4 Å². The van der Waals surface area contributed by atoms with E-state index in [0.717, 1.165) is 31.9 Å². The Morgan fingerprint density at radius 2 is 1.87 bits per heavy atom. The van der Waals surface area contributed by atoms with Crippen molar-refractivity contribution in [3.63, 3.8) is 0 Å². The normalized spacial score (nSPS) is 30.3. The smallest absolute Gasteiger partial charge is 0.287 e. The molecule has 8 heteroatoms. The lowest BCUT2D eigenvalue weighted by atomic mass is 9.67. The zero-order valence-corrected chi connectivity index (χ0v) is 14.7. The molecule has 1 aromatic rings. The first kappa shape index (κ1) is 18.3. The third kappa shape index (κ3) is 3.89. The predicted octanol–water partition coefficient (Wildman–Crippen LogP) is 1.74. The third-order valence-electron chi connectivity index (χ3n) is 4.84. The van der Waals surface area contributed by atoms with Crippen LogP contribution in [0.15, 0.2) is 21.6 Å². The maximum absolute atomic E-state index is 12.3. The highest BCUT2D eigenvalue weighted by atomic mass is 35.5. The van der Waals surface area contributed by atoms with Crippen molar-refractivity contribution in [1.82, 2.24) is 5.32 Å². The molecule has 0 aliphatic heterocycles. The van der Waals surface area contributed by atoms with Gasteiger partial charge in [0.25, 0.3) is 5.91 Å². The van der Waals surface area contributed by atoms with E-state index in [1.807, 2.05) is 0 Å². The SMILES string of the molecule is CS(=O)(=O)c1ccc(C(=O)NC2C3CCCC2CC(N)C3)o1.Cl. The van der Waals surface area contributed by atoms with Crippen LogP contribution in [-0.4, -0.2) is 32.7 Å². The second-order valence-corrected chi connectivity index (χ2v) is 8.52. The maximum Gasteiger partial charge on any atom is 0.287 e. The Kier molecular flexibility index (Phi) is 5.43. The minimum Gasteiger partial charge on any atom is -0.440 e. The molecule has 2 fully saturated rings. The molecule has 2 unspecified atom stereocenters. The molecule has 1 heterocycles. The highest BCUT2D eigenvalue weighted by molar-refractivity contribution is 7.90. The van der Waals surface area contributed by atoms with Gasteiger partial charge in [0.15, 0.2) is 5.76 Å². The molecule has 0 radical (unpaired) electrons. The van der Waals surface area contributed by atoms with Crippen molar-refractivity contribution in [3.8, 4) is 0 Å². The molecule has 130 valence electrons. The molecule has 23 heavy (non-hydrogen) atoms. The minimum atomic E-state index is -3.43. The number of carbonyl (C=O) groups excluding carboxylic acids is 1. The number of fused-ring (bicyclic) bond motifs is 2. The lowest BCUT2D eigenvalue weighted by Gasteiger charge is -2.45. The van der Waals surface area contributed by atoms with E-state index in [4.69, 9.17) is 10.2 Å². The highest BCUT2D eigenvalue weighted by Gasteiger charge is 2.40. The number of rotatable bonds is 3. The van der Waals surface area contributed by atoms with Crippen LogP contribution in [0, 0.1) is 11.8 Å². The van der Waals surface area contributed by atoms with Crippen LogP contribution < -0.4 is 11.1 Å². The molecule has 2 aliphatic carbocycles. The van der Waals surface area contributed by atoms with E-state index in [1.54, 1.807) is 0 Å². The minimum absolute atomic E-state index is 0. The van der Waals surface area contributed by atoms with E-state index in [9.17, 15) is 13.2 Å². The first-order valence-corrected chi connectivity index (χ1v) is 9.60. The molecule has 6 nitrogen and oxygen atoms in total. The molecule has 3 N–H and O–H groups in total. The monoisotopic (exact) mass is 362 g/mol. The molecule has 2 atom stereocenters. The lowest BCUT2D eigenvalue weighted by molar-refractivity contribution is 0.0728. The number of sulfone groups is 1. The summed E-state index contributed by atoms with van der Waals surface area (Å²) in [6.45, 7) is 0. The van der Waals surface area contributed by atoms with Gasteiger partial charge in [-0.1, -0.05) is 6.42 Å². The van der Waals surface area contributed by atoms with E-state index in [-0.39, 0.29) is 41.3 Å². The summed E-state index contributed by atoms with van der Waals surface area (Å²) in [4.78, 5) is 12.3. The summed E-state index contributed by atoms with van der Waals surface area (Å²) in [7, 11) is -3.43. The Bertz CT molecular complexity index is 659. The van der Waals surface area contributed by atoms with Crippen molar-refractivity contribution < 1.29 is 17.6 Å². The molecular weight excluding hydrogens is 340 g/mol. The van der Waals surface area contributed by atoms with E-state index in [0.29, 0.717) is 11.8 Å². The summed E-state index contributed by atoms with van der Waals surface area (Å²) in [5.74, 6) is 0.534. The van der Waals surface area contributed by atoms with Gasteiger partial charge in [0.2, 0.25) is 14.9 Å². The third-order valence-corrected chi connectivity index (χ3v) is 5.80. The van der Waals surface area contributed by atoms with Gasteiger partial charge in [-0.3, -0.25) is 4.79 Å². The van der Waals surface area contributed by atoms with Crippen molar-refractivity contribution in [3.05, 3.63) is 17.9 Å². The number of nitrogens with two attached hydrogens (primary N) is 1. The average molecular weight is 363 g/mol. The standard InChI is InChI=1S/C15H22N2O4S.ClH/c1-22(19,20)13-6-5-12(21-13)15(18)17-14-9-3-2-4-10(14)8-11(16)7-9;/h5-6,9-11,14H,2-4,7-8,16H2,1H3,(H,17,18);1H. The summed E-state index contributed by atoms with van der Waals surface area (Å²) >= 11 is 0. The van der Waals surface area contributed by atoms with Crippen LogP contribution in [0.1, 0.15) is 42.7 Å². The molecule has 2 bridgehead atoms. The van der Waals surface area contributed by atoms with E-state index in [2.05, 4.69) is 5.32 Å². The second-order valence-electron chi connectivity index (χ2n) is 6.57. The van der Waals surface area contributed by atoms with Crippen LogP contribution in [0.4, 0.5) is 0 Å². The molecule has 3 rings (SSSR count). The Balaban J connectivity index is 0.00000192. The van der Waals surface area contributed by atoms with Crippen molar-refractivity contribution in [2.24, 2.45) is 17.6 Å². The quantitative estimate of drug-likeness (QED) is 0.852. The molecular formula is C15H23ClN2O4S. The summed E-state index contributed by atoms with van der Waals surface area (Å²) in [6, 6.07) is 3.08. The summed E-state index contributed by atoms with van der Waals surface area (Å²) in [5, 5.41) is 2.86. The van der Waals surface area contributed by atoms with Gasteiger partial charge in [-0.2, -0.15) is 0 Å². The number of carbonyl (C=O) groups is 1. The molecule has 2 saturated carbocycles. The Hall–Kier alpha value is -1.05. The fourth-order valence-corrected chi connectivity index (χ4v) is 4.45. The Morgan fingerprint density at radius 1 is 1.26 bits per heavy atom. The van der Waals surface area contributed by atoms with E-state index >= 15 is 0 Å². The van der Waals surface area contributed by atoms with Gasteiger partial charge < -0.3 is 15.5 Å². The average Bonchev–Trinajstić information content (AvgIpc) is 2.89. The number of nitrogens with one attached hydrogen (secondary N) is 1. The van der Waals surface area contributed by atoms with E-state index < -0.39 is 9.84 Å². The molecule has 0 spiro atoms. The van der Waals surface area contributed by atoms with Crippen molar-refractivity contribution >= 4 is 28.2 Å². The lowest BCUT2D eigenvalue weighted by Crippen LogP contribution is -2.53. The molecule has 2 aliphatic rings. The fraction of sp³-hybridized carbons (Fsp3) is 0.667. The van der Waals surface area contributed by atoms with Gasteiger partial charge in [0, 0.05) is 18.3 Å². The van der Waals surface area contributed by atoms with Crippen molar-refractivity contribution in [2.45, 2.75) is 49.3 Å². The van der Waals surface area contributed by atoms with Gasteiger partial charge in [-0.25, -0.2) is 8.42 Å². The zero-order valence-electron chi connectivity index (χ0n) is 13.0. The highest BCUT2D eigenvalue weighted by Crippen LogP contribution is 2.39. The summed E-state index contributed by atoms with van der Waals surface area (Å²) < 4.78 is 28.0. The number of amides is 1. The van der Waals surface area contributed by atoms with Crippen molar-refractivity contribution in [2.75, 3.05) is 6.26 Å². The fourth-order valence-electron chi connectivity index (χ4n) is 3.89. The summed E-state index contributed by atoms with van der Waals surface area (Å²) in [5.41, 5.74) is 6.08. The van der Waals surface area contributed by atoms with Gasteiger partial charge in [-0.05, 0) is 49.7 Å². The topological polar surface area (TPSA) is 102 Å². The second kappa shape index (κ2) is 6.83. The molecule has 1 amide bonds. The zero-order chi connectivity index (χ0) is 15.9. The predicted molar refractivity (Wildman–Crippen MR) is 88.4 cm³/mol. The van der Waals surface area contributed by atoms with Crippen LogP contribution in [0.3, 0.4) is 0 Å². The molecule has 1 aromatic heterocycles. The van der Waals surface area contributed by atoms with Gasteiger partial charge in [0.05, 0.1) is 0 Å². The largest absolute Gasteiger partial charge is 0.440 e. The number of halogens is 1. The first-order valence-electron chi connectivity index (χ1n) is 7.71. The number of hydrogen-bond acceptors (Lipinski definition) is 5. The van der Waals surface area contributed by atoms with Crippen LogP contribution >= 0.6 is 12.4 Å². The van der Waals surface area contributed by atoms with Gasteiger partial charge >= 0.3 is 0 Å². The number of furan rings is 1. The van der Waals surface area contributed by atoms with E-state index in [1.165, 1.54) is 18.6 Å². The summed E-state index contributed by atoms with van der Waals surface area (Å²) in [6.07, 6.45) is 6.29. The Labute approximate surface area is 142 Å². The maximum atomic E-state index is 12.3. The van der Waals surface area contributed by atoms with Crippen LogP contribution in [-0.2, 0) is 9.84 Å². The number of hydrogen-bond donors (Lipinski definition) is 2. The van der Waals surface area contributed by atoms with Crippen LogP contribution in [0.2, 0.25) is 0 Å². The molecule has 0 aromatic carbocycles. The first-order chi connectivity index (χ1) is 10.3. The van der Waals surface area contributed by atoms with Crippen molar-refractivity contribution in [1.29, 1.82) is 0 Å². The Morgan fingerprint density at radius 3 is 2.39 bits per heavy atom. The van der Waals surface area contributed by atoms with Gasteiger partial charge in [0.1, 0.15) is 0 Å². The van der Waals surface area contributed by atoms with Crippen LogP contribution in [0.25, 0.3) is 0 Å².